The summed E-state index contributed by atoms with van der Waals surface area (Å²) in [7, 11) is 1.78. The van der Waals surface area contributed by atoms with Crippen LogP contribution in [0.2, 0.25) is 0 Å². The smallest absolute Gasteiger partial charge is 0.321 e. The Labute approximate surface area is 145 Å². The molecule has 2 amide bonds. The number of nitrogens with zero attached hydrogens (tertiary/aromatic N) is 1. The highest BCUT2D eigenvalue weighted by Gasteiger charge is 2.12. The molecule has 0 aliphatic heterocycles. The summed E-state index contributed by atoms with van der Waals surface area (Å²) in [5.41, 5.74) is 2.82. The first-order valence-corrected chi connectivity index (χ1v) is 8.29. The topological polar surface area (TPSA) is 41.6 Å². The number of nitrogens with one attached hydrogen (secondary N) is 1. The third kappa shape index (κ3) is 4.73. The average molecular weight is 377 g/mol. The number of halogens is 1. The minimum atomic E-state index is -0.145. The largest absolute Gasteiger partial charge is 0.494 e. The van der Waals surface area contributed by atoms with E-state index in [4.69, 9.17) is 4.74 Å². The van der Waals surface area contributed by atoms with Gasteiger partial charge in [0, 0.05) is 23.8 Å². The van der Waals surface area contributed by atoms with Gasteiger partial charge in [-0.05, 0) is 49.2 Å². The van der Waals surface area contributed by atoms with E-state index in [0.29, 0.717) is 13.2 Å². The number of carbonyl (C=O) groups excluding carboxylic acids is 1. The van der Waals surface area contributed by atoms with Crippen LogP contribution in [0.15, 0.2) is 46.9 Å². The average Bonchev–Trinajstić information content (AvgIpc) is 2.52. The van der Waals surface area contributed by atoms with Crippen molar-refractivity contribution in [3.8, 4) is 5.75 Å². The summed E-state index contributed by atoms with van der Waals surface area (Å²) in [6.45, 7) is 5.05. The highest BCUT2D eigenvalue weighted by molar-refractivity contribution is 9.10. The van der Waals surface area contributed by atoms with E-state index < -0.39 is 0 Å². The second-order valence-electron chi connectivity index (χ2n) is 5.29. The SMILES string of the molecule is CCOc1ccc(NC(=O)N(C)Cc2ccccc2Br)c(C)c1. The number of benzene rings is 2. The maximum Gasteiger partial charge on any atom is 0.321 e. The van der Waals surface area contributed by atoms with Crippen molar-refractivity contribution in [2.45, 2.75) is 20.4 Å². The summed E-state index contributed by atoms with van der Waals surface area (Å²) < 4.78 is 6.46. The fraction of sp³-hybridized carbons (Fsp3) is 0.278. The van der Waals surface area contributed by atoms with Gasteiger partial charge in [-0.2, -0.15) is 0 Å². The van der Waals surface area contributed by atoms with Crippen LogP contribution >= 0.6 is 15.9 Å². The number of ether oxygens (including phenoxy) is 1. The van der Waals surface area contributed by atoms with E-state index in [9.17, 15) is 4.79 Å². The highest BCUT2D eigenvalue weighted by atomic mass is 79.9. The number of hydrogen-bond donors (Lipinski definition) is 1. The molecule has 0 saturated carbocycles. The Hall–Kier alpha value is -2.01. The lowest BCUT2D eigenvalue weighted by Crippen LogP contribution is -2.31. The molecule has 2 aromatic carbocycles. The van der Waals surface area contributed by atoms with Gasteiger partial charge in [0.25, 0.3) is 0 Å². The minimum absolute atomic E-state index is 0.145. The van der Waals surface area contributed by atoms with Crippen molar-refractivity contribution in [1.29, 1.82) is 0 Å². The molecule has 0 unspecified atom stereocenters. The lowest BCUT2D eigenvalue weighted by molar-refractivity contribution is 0.220. The molecule has 0 aliphatic carbocycles. The van der Waals surface area contributed by atoms with Crippen LogP contribution in [0, 0.1) is 6.92 Å². The van der Waals surface area contributed by atoms with Gasteiger partial charge >= 0.3 is 6.03 Å². The van der Waals surface area contributed by atoms with Crippen molar-refractivity contribution in [2.75, 3.05) is 19.0 Å². The Morgan fingerprint density at radius 1 is 1.26 bits per heavy atom. The van der Waals surface area contributed by atoms with Crippen LogP contribution in [0.5, 0.6) is 5.75 Å². The molecule has 1 N–H and O–H groups in total. The molecule has 0 atom stereocenters. The van der Waals surface area contributed by atoms with Crippen molar-refractivity contribution < 1.29 is 9.53 Å². The Morgan fingerprint density at radius 2 is 2.00 bits per heavy atom. The summed E-state index contributed by atoms with van der Waals surface area (Å²) in [4.78, 5) is 14.0. The van der Waals surface area contributed by atoms with Crippen LogP contribution < -0.4 is 10.1 Å². The zero-order chi connectivity index (χ0) is 16.8. The van der Waals surface area contributed by atoms with Gasteiger partial charge in [0.1, 0.15) is 5.75 Å². The normalized spacial score (nSPS) is 10.3. The van der Waals surface area contributed by atoms with Gasteiger partial charge in [0.05, 0.1) is 6.61 Å². The minimum Gasteiger partial charge on any atom is -0.494 e. The highest BCUT2D eigenvalue weighted by Crippen LogP contribution is 2.22. The van der Waals surface area contributed by atoms with E-state index in [1.165, 1.54) is 0 Å². The van der Waals surface area contributed by atoms with Crippen molar-refractivity contribution in [3.63, 3.8) is 0 Å². The van der Waals surface area contributed by atoms with E-state index in [0.717, 1.165) is 27.0 Å². The maximum absolute atomic E-state index is 12.4. The second kappa shape index (κ2) is 8.02. The lowest BCUT2D eigenvalue weighted by Gasteiger charge is -2.20. The zero-order valence-corrected chi connectivity index (χ0v) is 15.2. The molecule has 4 nitrogen and oxygen atoms in total. The molecule has 0 heterocycles. The van der Waals surface area contributed by atoms with Crippen molar-refractivity contribution in [3.05, 3.63) is 58.1 Å². The molecule has 122 valence electrons. The molecular weight excluding hydrogens is 356 g/mol. The summed E-state index contributed by atoms with van der Waals surface area (Å²) in [5, 5.41) is 2.94. The Balaban J connectivity index is 2.02. The third-order valence-electron chi connectivity index (χ3n) is 3.46. The second-order valence-corrected chi connectivity index (χ2v) is 6.14. The first-order valence-electron chi connectivity index (χ1n) is 7.50. The van der Waals surface area contributed by atoms with Gasteiger partial charge in [-0.15, -0.1) is 0 Å². The van der Waals surface area contributed by atoms with Gasteiger partial charge < -0.3 is 15.0 Å². The van der Waals surface area contributed by atoms with E-state index in [2.05, 4.69) is 21.2 Å². The fourth-order valence-corrected chi connectivity index (χ4v) is 2.61. The van der Waals surface area contributed by atoms with E-state index in [1.54, 1.807) is 11.9 Å². The molecule has 0 fully saturated rings. The standard InChI is InChI=1S/C18H21BrN2O2/c1-4-23-15-9-10-17(13(2)11-15)20-18(22)21(3)12-14-7-5-6-8-16(14)19/h5-11H,4,12H2,1-3H3,(H,20,22). The molecule has 0 aliphatic rings. The lowest BCUT2D eigenvalue weighted by atomic mass is 10.2. The number of urea groups is 1. The summed E-state index contributed by atoms with van der Waals surface area (Å²) in [5.74, 6) is 0.810. The Kier molecular flexibility index (Phi) is 6.04. The number of amides is 2. The van der Waals surface area contributed by atoms with Crippen LogP contribution in [-0.2, 0) is 6.54 Å². The maximum atomic E-state index is 12.4. The molecule has 2 aromatic rings. The van der Waals surface area contributed by atoms with Crippen LogP contribution in [0.25, 0.3) is 0 Å². The molecule has 5 heteroatoms. The molecule has 23 heavy (non-hydrogen) atoms. The molecule has 0 saturated heterocycles. The molecular formula is C18H21BrN2O2. The van der Waals surface area contributed by atoms with E-state index in [-0.39, 0.29) is 6.03 Å². The third-order valence-corrected chi connectivity index (χ3v) is 4.24. The van der Waals surface area contributed by atoms with Crippen LogP contribution in [-0.4, -0.2) is 24.6 Å². The number of carbonyl (C=O) groups is 1. The molecule has 0 spiro atoms. The summed E-state index contributed by atoms with van der Waals surface area (Å²) in [6, 6.07) is 13.4. The first-order chi connectivity index (χ1) is 11.0. The molecule has 0 aromatic heterocycles. The van der Waals surface area contributed by atoms with Crippen molar-refractivity contribution in [2.24, 2.45) is 0 Å². The molecule has 0 radical (unpaired) electrons. The van der Waals surface area contributed by atoms with Crippen molar-refractivity contribution >= 4 is 27.6 Å². The van der Waals surface area contributed by atoms with Gasteiger partial charge in [-0.1, -0.05) is 34.1 Å². The van der Waals surface area contributed by atoms with Gasteiger partial charge in [0.15, 0.2) is 0 Å². The molecule has 0 bridgehead atoms. The number of anilines is 1. The van der Waals surface area contributed by atoms with Crippen LogP contribution in [0.4, 0.5) is 10.5 Å². The summed E-state index contributed by atoms with van der Waals surface area (Å²) in [6.07, 6.45) is 0. The zero-order valence-electron chi connectivity index (χ0n) is 13.6. The fourth-order valence-electron chi connectivity index (χ4n) is 2.20. The number of hydrogen-bond acceptors (Lipinski definition) is 2. The van der Waals surface area contributed by atoms with E-state index in [1.807, 2.05) is 56.3 Å². The van der Waals surface area contributed by atoms with Gasteiger partial charge in [-0.3, -0.25) is 0 Å². The predicted molar refractivity (Wildman–Crippen MR) is 97.0 cm³/mol. The van der Waals surface area contributed by atoms with Crippen LogP contribution in [0.3, 0.4) is 0 Å². The monoisotopic (exact) mass is 376 g/mol. The quantitative estimate of drug-likeness (QED) is 0.812. The van der Waals surface area contributed by atoms with Gasteiger partial charge in [0.2, 0.25) is 0 Å². The van der Waals surface area contributed by atoms with Gasteiger partial charge in [-0.25, -0.2) is 4.79 Å². The van der Waals surface area contributed by atoms with E-state index >= 15 is 0 Å². The predicted octanol–water partition coefficient (Wildman–Crippen LogP) is 4.82. The Bertz CT molecular complexity index is 688. The first kappa shape index (κ1) is 17.3. The van der Waals surface area contributed by atoms with Crippen molar-refractivity contribution in [1.82, 2.24) is 4.90 Å². The number of rotatable bonds is 5. The van der Waals surface area contributed by atoms with Crippen LogP contribution in [0.1, 0.15) is 18.1 Å². The molecule has 2 rings (SSSR count). The summed E-state index contributed by atoms with van der Waals surface area (Å²) >= 11 is 3.50. The number of aryl methyl sites for hydroxylation is 1. The Morgan fingerprint density at radius 3 is 2.65 bits per heavy atom.